The maximum absolute atomic E-state index is 11.8. The van der Waals surface area contributed by atoms with E-state index in [1.807, 2.05) is 6.92 Å². The number of hydrazone groups is 1. The Balaban J connectivity index is 2.60. The monoisotopic (exact) mass is 311 g/mol. The lowest BCUT2D eigenvalue weighted by atomic mass is 10.2. The zero-order valence-electron chi connectivity index (χ0n) is 11.9. The van der Waals surface area contributed by atoms with Gasteiger partial charge in [-0.1, -0.05) is 18.5 Å². The summed E-state index contributed by atoms with van der Waals surface area (Å²) in [6.45, 7) is 4.19. The Labute approximate surface area is 128 Å². The van der Waals surface area contributed by atoms with Crippen LogP contribution in [0.4, 0.5) is 0 Å². The largest absolute Gasteiger partial charge is 0.507 e. The van der Waals surface area contributed by atoms with Gasteiger partial charge in [0.2, 0.25) is 5.91 Å². The third-order valence-electron chi connectivity index (χ3n) is 2.54. The Morgan fingerprint density at radius 3 is 2.76 bits per heavy atom. The summed E-state index contributed by atoms with van der Waals surface area (Å²) >= 11 is 5.76. The van der Waals surface area contributed by atoms with Crippen LogP contribution in [0.5, 0.6) is 5.75 Å². The number of carbonyl (C=O) groups excluding carboxylic acids is 2. The fourth-order valence-corrected chi connectivity index (χ4v) is 1.67. The zero-order valence-corrected chi connectivity index (χ0v) is 12.7. The molecule has 0 saturated carbocycles. The number of phenols is 1. The van der Waals surface area contributed by atoms with E-state index in [0.717, 1.165) is 6.42 Å². The van der Waals surface area contributed by atoms with Crippen molar-refractivity contribution >= 4 is 29.1 Å². The van der Waals surface area contributed by atoms with Crippen LogP contribution in [0.2, 0.25) is 5.02 Å². The second-order valence-corrected chi connectivity index (χ2v) is 4.91. The van der Waals surface area contributed by atoms with Crippen LogP contribution >= 0.6 is 11.6 Å². The average Bonchev–Trinajstić information content (AvgIpc) is 2.45. The smallest absolute Gasteiger partial charge is 0.275 e. The fraction of sp³-hybridized carbons (Fsp3) is 0.357. The number of nitrogens with one attached hydrogen (secondary N) is 2. The molecule has 0 bridgehead atoms. The van der Waals surface area contributed by atoms with Crippen LogP contribution in [-0.4, -0.2) is 29.2 Å². The SMILES string of the molecule is CCCNC(=O)C/C(C)=N/NC(=O)c1cc(Cl)ccc1O. The Bertz CT molecular complexity index is 558. The van der Waals surface area contributed by atoms with E-state index >= 15 is 0 Å². The summed E-state index contributed by atoms with van der Waals surface area (Å²) in [6.07, 6.45) is 0.953. The third-order valence-corrected chi connectivity index (χ3v) is 2.78. The van der Waals surface area contributed by atoms with E-state index in [0.29, 0.717) is 17.3 Å². The molecule has 0 fully saturated rings. The number of benzene rings is 1. The highest BCUT2D eigenvalue weighted by molar-refractivity contribution is 6.31. The zero-order chi connectivity index (χ0) is 15.8. The lowest BCUT2D eigenvalue weighted by molar-refractivity contribution is -0.119. The van der Waals surface area contributed by atoms with Crippen LogP contribution in [-0.2, 0) is 4.79 Å². The molecule has 0 atom stereocenters. The van der Waals surface area contributed by atoms with Gasteiger partial charge in [-0.2, -0.15) is 5.10 Å². The van der Waals surface area contributed by atoms with Crippen molar-refractivity contribution in [3.63, 3.8) is 0 Å². The molecule has 1 rings (SSSR count). The number of aromatic hydroxyl groups is 1. The molecule has 0 spiro atoms. The lowest BCUT2D eigenvalue weighted by Crippen LogP contribution is -2.27. The molecule has 0 heterocycles. The molecule has 2 amide bonds. The molecule has 114 valence electrons. The average molecular weight is 312 g/mol. The van der Waals surface area contributed by atoms with E-state index in [2.05, 4.69) is 15.8 Å². The predicted octanol–water partition coefficient (Wildman–Crippen LogP) is 2.07. The molecule has 6 nitrogen and oxygen atoms in total. The minimum Gasteiger partial charge on any atom is -0.507 e. The van der Waals surface area contributed by atoms with Crippen LogP contribution in [0.15, 0.2) is 23.3 Å². The van der Waals surface area contributed by atoms with Gasteiger partial charge in [0.1, 0.15) is 5.75 Å². The van der Waals surface area contributed by atoms with E-state index in [-0.39, 0.29) is 23.6 Å². The third kappa shape index (κ3) is 5.83. The van der Waals surface area contributed by atoms with Crippen LogP contribution in [0.25, 0.3) is 0 Å². The summed E-state index contributed by atoms with van der Waals surface area (Å²) in [5.41, 5.74) is 2.76. The van der Waals surface area contributed by atoms with E-state index in [1.165, 1.54) is 18.2 Å². The van der Waals surface area contributed by atoms with Crippen molar-refractivity contribution in [2.24, 2.45) is 5.10 Å². The molecule has 0 unspecified atom stereocenters. The van der Waals surface area contributed by atoms with Gasteiger partial charge in [0.15, 0.2) is 0 Å². The first-order chi connectivity index (χ1) is 9.93. The summed E-state index contributed by atoms with van der Waals surface area (Å²) < 4.78 is 0. The number of hydrogen-bond donors (Lipinski definition) is 3. The first-order valence-corrected chi connectivity index (χ1v) is 6.90. The van der Waals surface area contributed by atoms with Gasteiger partial charge in [-0.05, 0) is 31.5 Å². The summed E-state index contributed by atoms with van der Waals surface area (Å²) in [7, 11) is 0. The summed E-state index contributed by atoms with van der Waals surface area (Å²) in [6, 6.07) is 4.14. The molecule has 1 aromatic carbocycles. The highest BCUT2D eigenvalue weighted by atomic mass is 35.5. The second kappa shape index (κ2) is 8.26. The lowest BCUT2D eigenvalue weighted by Gasteiger charge is -2.05. The van der Waals surface area contributed by atoms with Crippen molar-refractivity contribution in [2.75, 3.05) is 6.54 Å². The molecule has 0 aliphatic carbocycles. The number of carbonyl (C=O) groups is 2. The first kappa shape index (κ1) is 17.0. The van der Waals surface area contributed by atoms with Crippen molar-refractivity contribution in [1.82, 2.24) is 10.7 Å². The van der Waals surface area contributed by atoms with Gasteiger partial charge < -0.3 is 10.4 Å². The first-order valence-electron chi connectivity index (χ1n) is 6.52. The molecular weight excluding hydrogens is 294 g/mol. The Kier molecular flexibility index (Phi) is 6.68. The van der Waals surface area contributed by atoms with Gasteiger partial charge >= 0.3 is 0 Å². The normalized spacial score (nSPS) is 11.1. The standard InChI is InChI=1S/C14H18ClN3O3/c1-3-6-16-13(20)7-9(2)17-18-14(21)11-8-10(15)4-5-12(11)19/h4-5,8,19H,3,6-7H2,1-2H3,(H,16,20)(H,18,21)/b17-9+. The van der Waals surface area contributed by atoms with Gasteiger partial charge in [-0.25, -0.2) is 5.43 Å². The van der Waals surface area contributed by atoms with Crippen LogP contribution < -0.4 is 10.7 Å². The van der Waals surface area contributed by atoms with E-state index in [1.54, 1.807) is 6.92 Å². The van der Waals surface area contributed by atoms with Crippen LogP contribution in [0.1, 0.15) is 37.0 Å². The van der Waals surface area contributed by atoms with E-state index in [4.69, 9.17) is 11.6 Å². The minimum atomic E-state index is -0.594. The highest BCUT2D eigenvalue weighted by Crippen LogP contribution is 2.21. The summed E-state index contributed by atoms with van der Waals surface area (Å²) in [4.78, 5) is 23.3. The van der Waals surface area contributed by atoms with Gasteiger partial charge in [-0.15, -0.1) is 0 Å². The number of phenolic OH excluding ortho intramolecular Hbond substituents is 1. The topological polar surface area (TPSA) is 90.8 Å². The van der Waals surface area contributed by atoms with Gasteiger partial charge in [-0.3, -0.25) is 9.59 Å². The second-order valence-electron chi connectivity index (χ2n) is 4.48. The van der Waals surface area contributed by atoms with Crippen molar-refractivity contribution in [3.8, 4) is 5.75 Å². The number of nitrogens with zero attached hydrogens (tertiary/aromatic N) is 1. The number of halogens is 1. The molecule has 0 radical (unpaired) electrons. The van der Waals surface area contributed by atoms with Crippen molar-refractivity contribution in [3.05, 3.63) is 28.8 Å². The van der Waals surface area contributed by atoms with Crippen molar-refractivity contribution in [1.29, 1.82) is 0 Å². The van der Waals surface area contributed by atoms with Crippen molar-refractivity contribution < 1.29 is 14.7 Å². The summed E-state index contributed by atoms with van der Waals surface area (Å²) in [5, 5.41) is 16.4. The Morgan fingerprint density at radius 2 is 2.10 bits per heavy atom. The predicted molar refractivity (Wildman–Crippen MR) is 81.6 cm³/mol. The van der Waals surface area contributed by atoms with Gasteiger partial charge in [0.25, 0.3) is 5.91 Å². The molecule has 0 aliphatic heterocycles. The number of amides is 2. The molecule has 0 aliphatic rings. The quantitative estimate of drug-likeness (QED) is 0.555. The molecule has 0 aromatic heterocycles. The minimum absolute atomic E-state index is 0.0227. The molecular formula is C14H18ClN3O3. The van der Waals surface area contributed by atoms with Gasteiger partial charge in [0.05, 0.1) is 12.0 Å². The number of hydrogen-bond acceptors (Lipinski definition) is 4. The van der Waals surface area contributed by atoms with E-state index < -0.39 is 5.91 Å². The molecule has 0 saturated heterocycles. The molecule has 3 N–H and O–H groups in total. The van der Waals surface area contributed by atoms with Crippen LogP contribution in [0, 0.1) is 0 Å². The summed E-state index contributed by atoms with van der Waals surface area (Å²) in [5.74, 6) is -0.938. The Morgan fingerprint density at radius 1 is 1.38 bits per heavy atom. The van der Waals surface area contributed by atoms with Gasteiger partial charge in [0, 0.05) is 17.3 Å². The maximum Gasteiger partial charge on any atom is 0.275 e. The molecule has 7 heteroatoms. The molecule has 1 aromatic rings. The fourth-order valence-electron chi connectivity index (χ4n) is 1.50. The highest BCUT2D eigenvalue weighted by Gasteiger charge is 2.11. The van der Waals surface area contributed by atoms with Crippen LogP contribution in [0.3, 0.4) is 0 Å². The Hall–Kier alpha value is -2.08. The maximum atomic E-state index is 11.8. The van der Waals surface area contributed by atoms with Crippen molar-refractivity contribution in [2.45, 2.75) is 26.7 Å². The van der Waals surface area contributed by atoms with E-state index in [9.17, 15) is 14.7 Å². The number of rotatable bonds is 6. The molecule has 21 heavy (non-hydrogen) atoms.